The second-order valence-electron chi connectivity index (χ2n) is 7.68. The van der Waals surface area contributed by atoms with E-state index in [2.05, 4.69) is 27.8 Å². The summed E-state index contributed by atoms with van der Waals surface area (Å²) in [5.74, 6) is -0.167. The summed E-state index contributed by atoms with van der Waals surface area (Å²) in [5, 5.41) is 12.1. The van der Waals surface area contributed by atoms with Gasteiger partial charge in [-0.3, -0.25) is 4.79 Å². The number of amides is 1. The number of benzene rings is 2. The van der Waals surface area contributed by atoms with Crippen molar-refractivity contribution in [3.63, 3.8) is 0 Å². The van der Waals surface area contributed by atoms with Gasteiger partial charge in [0.15, 0.2) is 0 Å². The van der Waals surface area contributed by atoms with Crippen molar-refractivity contribution in [3.8, 4) is 0 Å². The van der Waals surface area contributed by atoms with Gasteiger partial charge in [0.25, 0.3) is 0 Å². The van der Waals surface area contributed by atoms with Crippen molar-refractivity contribution in [3.05, 3.63) is 82.6 Å². The van der Waals surface area contributed by atoms with Crippen LogP contribution in [0.25, 0.3) is 0 Å². The monoisotopic (exact) mass is 424 g/mol. The average molecular weight is 425 g/mol. The van der Waals surface area contributed by atoms with Crippen LogP contribution in [0.4, 0.5) is 0 Å². The van der Waals surface area contributed by atoms with Crippen molar-refractivity contribution in [2.45, 2.75) is 38.5 Å². The Labute approximate surface area is 181 Å². The Hall–Kier alpha value is -2.70. The fourth-order valence-electron chi connectivity index (χ4n) is 3.81. The molecule has 0 bridgehead atoms. The highest BCUT2D eigenvalue weighted by molar-refractivity contribution is 6.30. The Morgan fingerprint density at radius 2 is 1.93 bits per heavy atom. The van der Waals surface area contributed by atoms with Crippen LogP contribution in [0, 0.1) is 5.92 Å². The fourth-order valence-corrected chi connectivity index (χ4v) is 4.02. The van der Waals surface area contributed by atoms with Crippen molar-refractivity contribution >= 4 is 17.5 Å². The Bertz CT molecular complexity index is 976. The van der Waals surface area contributed by atoms with Gasteiger partial charge in [-0.1, -0.05) is 59.3 Å². The third-order valence-corrected chi connectivity index (χ3v) is 5.60. The number of aromatic nitrogens is 3. The number of carbonyl (C=O) groups is 1. The first kappa shape index (κ1) is 20.6. The molecule has 0 fully saturated rings. The Morgan fingerprint density at radius 1 is 1.10 bits per heavy atom. The van der Waals surface area contributed by atoms with Crippen molar-refractivity contribution < 1.29 is 9.53 Å². The summed E-state index contributed by atoms with van der Waals surface area (Å²) in [7, 11) is 0. The van der Waals surface area contributed by atoms with Crippen molar-refractivity contribution in [2.24, 2.45) is 5.92 Å². The van der Waals surface area contributed by atoms with Gasteiger partial charge in [0.2, 0.25) is 5.91 Å². The highest BCUT2D eigenvalue weighted by Crippen LogP contribution is 2.19. The number of hydrogen-bond acceptors (Lipinski definition) is 4. The first-order chi connectivity index (χ1) is 14.7. The van der Waals surface area contributed by atoms with Crippen LogP contribution in [0.15, 0.2) is 60.8 Å². The zero-order chi connectivity index (χ0) is 20.8. The van der Waals surface area contributed by atoms with E-state index in [1.165, 1.54) is 5.56 Å². The highest BCUT2D eigenvalue weighted by atomic mass is 35.5. The molecule has 0 saturated carbocycles. The highest BCUT2D eigenvalue weighted by Gasteiger charge is 2.24. The number of rotatable bonds is 4. The molecule has 2 aromatic carbocycles. The SMILES string of the molecule is O=C1N[C@@H](Cc2ccccc2)COCc2cnnn2CC[C@H]1Cc1cccc(Cl)c1. The molecule has 2 atom stereocenters. The molecule has 30 heavy (non-hydrogen) atoms. The van der Waals surface area contributed by atoms with Crippen LogP contribution >= 0.6 is 11.6 Å². The second kappa shape index (κ2) is 9.87. The van der Waals surface area contributed by atoms with Crippen LogP contribution < -0.4 is 5.32 Å². The van der Waals surface area contributed by atoms with Crippen LogP contribution in [0.3, 0.4) is 0 Å². The maximum Gasteiger partial charge on any atom is 0.223 e. The Morgan fingerprint density at radius 3 is 2.77 bits per heavy atom. The van der Waals surface area contributed by atoms with E-state index in [0.717, 1.165) is 11.3 Å². The lowest BCUT2D eigenvalue weighted by atomic mass is 9.94. The minimum absolute atomic E-state index is 0.0306. The summed E-state index contributed by atoms with van der Waals surface area (Å²) in [6.45, 7) is 1.46. The molecule has 1 aliphatic rings. The average Bonchev–Trinajstić information content (AvgIpc) is 3.18. The van der Waals surface area contributed by atoms with E-state index < -0.39 is 0 Å². The number of fused-ring (bicyclic) bond motifs is 1. The standard InChI is InChI=1S/C23H25ClN4O2/c24-20-8-4-7-18(12-20)11-19-9-10-28-22(14-25-27-28)16-30-15-21(26-23(19)29)13-17-5-2-1-3-6-17/h1-8,12,14,19,21H,9-11,13,15-16H2,(H,26,29)/t19-,21-/m0/s1. The number of aryl methyl sites for hydroxylation is 1. The van der Waals surface area contributed by atoms with Crippen molar-refractivity contribution in [2.75, 3.05) is 6.61 Å². The molecule has 0 radical (unpaired) electrons. The lowest BCUT2D eigenvalue weighted by molar-refractivity contribution is -0.126. The second-order valence-corrected chi connectivity index (χ2v) is 8.11. The molecule has 1 aliphatic heterocycles. The molecule has 2 heterocycles. The summed E-state index contributed by atoms with van der Waals surface area (Å²) in [6, 6.07) is 17.7. The topological polar surface area (TPSA) is 69.0 Å². The smallest absolute Gasteiger partial charge is 0.223 e. The summed E-state index contributed by atoms with van der Waals surface area (Å²) in [5.41, 5.74) is 3.14. The van der Waals surface area contributed by atoms with E-state index in [4.69, 9.17) is 16.3 Å². The van der Waals surface area contributed by atoms with Gasteiger partial charge in [0.05, 0.1) is 31.1 Å². The van der Waals surface area contributed by atoms with Crippen molar-refractivity contribution in [1.29, 1.82) is 0 Å². The number of halogens is 1. The van der Waals surface area contributed by atoms with E-state index in [1.807, 2.05) is 47.1 Å². The van der Waals surface area contributed by atoms with E-state index in [0.29, 0.717) is 44.0 Å². The third-order valence-electron chi connectivity index (χ3n) is 5.37. The van der Waals surface area contributed by atoms with Crippen LogP contribution in [0.5, 0.6) is 0 Å². The molecule has 4 rings (SSSR count). The minimum atomic E-state index is -0.197. The molecule has 3 aromatic rings. The van der Waals surface area contributed by atoms with E-state index in [-0.39, 0.29) is 17.9 Å². The van der Waals surface area contributed by atoms with E-state index in [9.17, 15) is 4.79 Å². The molecule has 0 aliphatic carbocycles. The molecule has 1 N–H and O–H groups in total. The van der Waals surface area contributed by atoms with Crippen LogP contribution in [-0.2, 0) is 35.5 Å². The van der Waals surface area contributed by atoms with Gasteiger partial charge < -0.3 is 10.1 Å². The van der Waals surface area contributed by atoms with Gasteiger partial charge in [-0.2, -0.15) is 0 Å². The molecule has 7 heteroatoms. The van der Waals surface area contributed by atoms with Crippen LogP contribution in [-0.4, -0.2) is 33.5 Å². The lowest BCUT2D eigenvalue weighted by Gasteiger charge is -2.22. The molecule has 1 aromatic heterocycles. The molecular weight excluding hydrogens is 400 g/mol. The van der Waals surface area contributed by atoms with Crippen LogP contribution in [0.2, 0.25) is 5.02 Å². The number of hydrogen-bond donors (Lipinski definition) is 1. The molecule has 0 saturated heterocycles. The molecule has 1 amide bonds. The van der Waals surface area contributed by atoms with Gasteiger partial charge in [-0.05, 0) is 42.5 Å². The Balaban J connectivity index is 1.55. The molecule has 6 nitrogen and oxygen atoms in total. The van der Waals surface area contributed by atoms with Gasteiger partial charge in [-0.15, -0.1) is 5.10 Å². The summed E-state index contributed by atoms with van der Waals surface area (Å²) in [4.78, 5) is 13.2. The number of nitrogens with one attached hydrogen (secondary N) is 1. The number of nitrogens with zero attached hydrogens (tertiary/aromatic N) is 3. The Kier molecular flexibility index (Phi) is 6.77. The normalized spacial score (nSPS) is 20.1. The maximum absolute atomic E-state index is 13.2. The zero-order valence-electron chi connectivity index (χ0n) is 16.7. The van der Waals surface area contributed by atoms with Gasteiger partial charge in [-0.25, -0.2) is 4.68 Å². The van der Waals surface area contributed by atoms with Gasteiger partial charge >= 0.3 is 0 Å². The summed E-state index contributed by atoms with van der Waals surface area (Å²) < 4.78 is 7.75. The van der Waals surface area contributed by atoms with E-state index >= 15 is 0 Å². The van der Waals surface area contributed by atoms with Crippen molar-refractivity contribution in [1.82, 2.24) is 20.3 Å². The first-order valence-corrected chi connectivity index (χ1v) is 10.6. The van der Waals surface area contributed by atoms with E-state index in [1.54, 1.807) is 6.20 Å². The number of carbonyl (C=O) groups excluding carboxylic acids is 1. The zero-order valence-corrected chi connectivity index (χ0v) is 17.5. The quantitative estimate of drug-likeness (QED) is 0.696. The van der Waals surface area contributed by atoms with Gasteiger partial charge in [0.1, 0.15) is 0 Å². The van der Waals surface area contributed by atoms with Crippen LogP contribution in [0.1, 0.15) is 23.2 Å². The maximum atomic E-state index is 13.2. The predicted molar refractivity (Wildman–Crippen MR) is 115 cm³/mol. The lowest BCUT2D eigenvalue weighted by Crippen LogP contribution is -2.43. The van der Waals surface area contributed by atoms with Gasteiger partial charge in [0, 0.05) is 17.5 Å². The number of ether oxygens (including phenoxy) is 1. The molecular formula is C23H25ClN4O2. The summed E-state index contributed by atoms with van der Waals surface area (Å²) in [6.07, 6.45) is 3.72. The molecule has 156 valence electrons. The molecule has 0 unspecified atom stereocenters. The fraction of sp³-hybridized carbons (Fsp3) is 0.348. The summed E-state index contributed by atoms with van der Waals surface area (Å²) >= 11 is 6.15. The molecule has 0 spiro atoms. The first-order valence-electron chi connectivity index (χ1n) is 10.2. The third kappa shape index (κ3) is 5.46. The largest absolute Gasteiger partial charge is 0.373 e. The predicted octanol–water partition coefficient (Wildman–Crippen LogP) is 3.44. The minimum Gasteiger partial charge on any atom is -0.373 e.